The van der Waals surface area contributed by atoms with E-state index in [1.54, 1.807) is 106 Å². The van der Waals surface area contributed by atoms with Crippen LogP contribution >= 0.6 is 54.8 Å². The molecule has 3 saturated heterocycles. The molecule has 42 heteroatoms. The second-order valence-corrected chi connectivity index (χ2v) is 38.9. The van der Waals surface area contributed by atoms with E-state index in [-0.39, 0.29) is 85.4 Å². The lowest BCUT2D eigenvalue weighted by atomic mass is 9.83. The highest BCUT2D eigenvalue weighted by Gasteiger charge is 2.65. The number of carbonyl (C=O) groups excluding carboxylic acids is 13. The van der Waals surface area contributed by atoms with E-state index in [4.69, 9.17) is 41.0 Å². The number of phenols is 1. The monoisotopic (exact) mass is 1930 g/mol. The number of aromatic amines is 1. The highest BCUT2D eigenvalue weighted by molar-refractivity contribution is 8.77. The van der Waals surface area contributed by atoms with Gasteiger partial charge in [0, 0.05) is 112 Å². The van der Waals surface area contributed by atoms with Crippen LogP contribution in [0.15, 0.2) is 121 Å². The first-order valence-electron chi connectivity index (χ1n) is 43.6. The highest BCUT2D eigenvalue weighted by atomic mass is 35.5. The van der Waals surface area contributed by atoms with E-state index in [1.807, 2.05) is 13.0 Å². The smallest absolute Gasteiger partial charge is 0.409 e. The predicted octanol–water partition coefficient (Wildman–Crippen LogP) is 4.07. The number of para-hydroxylation sites is 1. The van der Waals surface area contributed by atoms with Crippen molar-refractivity contribution < 1.29 is 106 Å². The second-order valence-electron chi connectivity index (χ2n) is 33.2. The van der Waals surface area contributed by atoms with Crippen molar-refractivity contribution in [1.29, 1.82) is 0 Å². The number of nitrogens with zero attached hydrogens (tertiary/aromatic N) is 2. The van der Waals surface area contributed by atoms with Gasteiger partial charge < -0.3 is 118 Å². The minimum absolute atomic E-state index is 0.0538. The summed E-state index contributed by atoms with van der Waals surface area (Å²) in [4.78, 5) is 194. The number of urea groups is 1. The number of hydrogen-bond donors (Lipinski definition) is 17. The first-order chi connectivity index (χ1) is 62.9. The third-order valence-electron chi connectivity index (χ3n) is 23.2. The molecule has 3 fully saturated rings. The molecule has 4 aliphatic heterocycles. The van der Waals surface area contributed by atoms with Gasteiger partial charge in [-0.2, -0.15) is 0 Å². The Hall–Kier alpha value is -10.3. The molecular weight excluding hydrogens is 1810 g/mol. The number of aromatic nitrogens is 1. The molecule has 5 aromatic rings. The van der Waals surface area contributed by atoms with E-state index >= 15 is 14.4 Å². The van der Waals surface area contributed by atoms with Gasteiger partial charge in [0.25, 0.3) is 0 Å². The molecule has 9 rings (SSSR count). The Bertz CT molecular complexity index is 4930. The van der Waals surface area contributed by atoms with Crippen molar-refractivity contribution in [3.63, 3.8) is 0 Å². The number of hydrogen-bond acceptors (Lipinski definition) is 27. The third kappa shape index (κ3) is 29.6. The lowest BCUT2D eigenvalue weighted by Crippen LogP contribution is -2.63. The maximum atomic E-state index is 15.3. The van der Waals surface area contributed by atoms with Crippen molar-refractivity contribution in [3.05, 3.63) is 148 Å². The van der Waals surface area contributed by atoms with E-state index in [9.17, 15) is 68.4 Å². The Kier molecular flexibility index (Phi) is 40.0. The summed E-state index contributed by atoms with van der Waals surface area (Å²) in [5.74, 6) is -10.3. The molecular formula is C90H122ClN15O22S4. The summed E-state index contributed by atoms with van der Waals surface area (Å²) in [7, 11) is 10.1. The number of fused-ring (bicyclic) bond motifs is 6. The summed E-state index contributed by atoms with van der Waals surface area (Å²) in [5, 5.41) is 75.0. The second kappa shape index (κ2) is 50.1. The standard InChI is InChI=1S/C90H122ClN15O22S4/c1-12-93-87(121)101-63(39-54-23-15-13-16-24-54)80(114)99-65-47-131-132-48-66(100-85(119)76(53(6)108)103-78(112)61(27-17-14-20-34-92)96-81(115)64(43-57-46-95-60-26-19-18-25-59(57)60)98-79(113)62(97-82(65)116)40-55-29-31-58(109)32-30-55)83(117)102-75(52(5)107)84(118)94-35-37-130-129-36-33-72(110)105(8)51(4)86(120)127-71-44-73(111)106(9)67-41-56(42-68(124-10)74(67)91)38-49(2)22-21-28-70(125-11)90(123)45-69(126-88(122)104-90)50(3)77-89(71,7)128-77/h13,15-16,18-19,21-26,28-32,41-42,46,50-53,61-66,69-71,75-77,95,107-109,123H,12,14,17,20,27,33-40,43-45,47-48,92H2,1-11H3,(H,94,118)(H,96,115)(H,97,116)(H,98,113)(H,99,114)(H,100,119)(H,102,117)(H,103,112)(H,104,122)(H2,93,101,121)/b28-21+,49-22+/t50-,51+,52-,53-,61+,62+,63-,64-,65+,66+,69+,70-,71+,75+,76+,77+,89+,90+/m1/s1. The van der Waals surface area contributed by atoms with Crippen LogP contribution in [0.1, 0.15) is 116 Å². The fraction of sp³-hybridized carbons (Fsp3) is 0.522. The number of halogens is 1. The van der Waals surface area contributed by atoms with E-state index in [2.05, 4.69) is 63.5 Å². The molecule has 0 aliphatic carbocycles. The maximum Gasteiger partial charge on any atom is 0.409 e. The van der Waals surface area contributed by atoms with Gasteiger partial charge in [0.1, 0.15) is 94.8 Å². The molecule has 37 nitrogen and oxygen atoms in total. The van der Waals surface area contributed by atoms with Crippen LogP contribution in [0.5, 0.6) is 11.5 Å². The fourth-order valence-corrected chi connectivity index (χ4v) is 19.9. The van der Waals surface area contributed by atoms with Crippen molar-refractivity contribution in [1.82, 2.24) is 68.4 Å². The number of aliphatic hydroxyl groups excluding tert-OH is 2. The first kappa shape index (κ1) is 105. The number of aromatic hydroxyl groups is 1. The number of rotatable bonds is 32. The van der Waals surface area contributed by atoms with Crippen LogP contribution in [0.25, 0.3) is 10.9 Å². The van der Waals surface area contributed by atoms with Crippen molar-refractivity contribution in [2.75, 3.05) is 75.9 Å². The lowest BCUT2D eigenvalue weighted by molar-refractivity contribution is -0.162. The zero-order chi connectivity index (χ0) is 96.3. The zero-order valence-corrected chi connectivity index (χ0v) is 79.6. The Balaban J connectivity index is 0.894. The summed E-state index contributed by atoms with van der Waals surface area (Å²) in [6.07, 6.45) is -1.15. The van der Waals surface area contributed by atoms with Gasteiger partial charge in [-0.25, -0.2) is 14.4 Å². The van der Waals surface area contributed by atoms with Crippen LogP contribution in [0, 0.1) is 5.92 Å². The average molecular weight is 1930 g/mol. The quantitative estimate of drug-likeness (QED) is 0.0125. The molecule has 4 aliphatic rings. The largest absolute Gasteiger partial charge is 0.508 e. The highest BCUT2D eigenvalue weighted by Crippen LogP contribution is 2.50. The number of likely N-dealkylation sites (N-methyl/N-ethyl adjacent to an activating group) is 1. The van der Waals surface area contributed by atoms with Crippen molar-refractivity contribution in [3.8, 4) is 11.5 Å². The number of benzene rings is 4. The van der Waals surface area contributed by atoms with Crippen LogP contribution < -0.4 is 73.9 Å². The molecule has 0 spiro atoms. The summed E-state index contributed by atoms with van der Waals surface area (Å²) in [5.41, 5.74) is 6.71. The number of alkyl carbamates (subject to hydrolysis) is 1. The van der Waals surface area contributed by atoms with E-state index in [0.29, 0.717) is 65.5 Å². The molecule has 4 aromatic carbocycles. The van der Waals surface area contributed by atoms with Gasteiger partial charge in [0.05, 0.1) is 37.5 Å². The van der Waals surface area contributed by atoms with Crippen molar-refractivity contribution in [2.45, 2.75) is 221 Å². The summed E-state index contributed by atoms with van der Waals surface area (Å²) < 4.78 is 29.7. The number of methoxy groups -OCH3 is 2. The molecule has 720 valence electrons. The van der Waals surface area contributed by atoms with Gasteiger partial charge in [-0.15, -0.1) is 0 Å². The Labute approximate surface area is 787 Å². The molecule has 1 aromatic heterocycles. The zero-order valence-electron chi connectivity index (χ0n) is 75.6. The number of unbranched alkanes of at least 4 members (excludes halogenated alkanes) is 2. The molecule has 13 amide bonds. The van der Waals surface area contributed by atoms with Gasteiger partial charge in [0.2, 0.25) is 59.1 Å². The average Bonchev–Trinajstić information content (AvgIpc) is 1.57. The van der Waals surface area contributed by atoms with Gasteiger partial charge in [-0.3, -0.25) is 53.3 Å². The number of nitrogens with one attached hydrogen (secondary N) is 12. The van der Waals surface area contributed by atoms with Crippen LogP contribution in [-0.2, 0) is 97.4 Å². The Morgan fingerprint density at radius 2 is 1.47 bits per heavy atom. The van der Waals surface area contributed by atoms with E-state index in [0.717, 1.165) is 32.7 Å². The van der Waals surface area contributed by atoms with E-state index < -0.39 is 198 Å². The maximum absolute atomic E-state index is 15.3. The van der Waals surface area contributed by atoms with Crippen LogP contribution in [-0.4, -0.2) is 281 Å². The molecule has 18 N–H and O–H groups in total. The van der Waals surface area contributed by atoms with E-state index in [1.165, 1.54) is 105 Å². The SMILES string of the molecule is CCNC(=O)N[C@H](Cc1ccccc1)C(=O)N[C@H]1CSSC[C@@H](C(=O)N[C@H](C(=O)NCCSSCCC(=O)N(C)[C@@H](C)C(=O)O[C@H]2CC(=O)N(C)c3cc(cc(OC)c3Cl)C/C(C)=C/C=C/[C@@H](OC)[C@@]3(O)C[C@H](OC(=O)N3)[C@@H](C)[C@@H]3O[C@@]23C)[C@@H](C)O)NC(=O)[C@H]([C@@H](C)O)NC(=O)[C@H](CCCCCN)NC(=O)[C@@H](Cc2c[nH]c3ccccc23)NC(=O)[C@H](Cc2ccc(O)cc2)NC1=O. The van der Waals surface area contributed by atoms with Crippen molar-refractivity contribution >= 4 is 149 Å². The number of aliphatic hydroxyl groups is 3. The number of esters is 1. The molecule has 5 heterocycles. The van der Waals surface area contributed by atoms with Crippen LogP contribution in [0.3, 0.4) is 0 Å². The van der Waals surface area contributed by atoms with Gasteiger partial charge >= 0.3 is 18.1 Å². The number of ether oxygens (including phenoxy) is 5. The lowest BCUT2D eigenvalue weighted by Gasteiger charge is -2.42. The molecule has 0 unspecified atom stereocenters. The number of allylic oxidation sites excluding steroid dienone is 3. The number of H-pyrrole nitrogens is 1. The number of nitrogens with two attached hydrogens (primary N) is 1. The topological polar surface area (TPSA) is 533 Å². The number of phenolic OH excluding ortho intramolecular Hbond substituents is 1. The molecule has 132 heavy (non-hydrogen) atoms. The van der Waals surface area contributed by atoms with Crippen LogP contribution in [0.2, 0.25) is 5.02 Å². The number of carbonyl (C=O) groups is 13. The van der Waals surface area contributed by atoms with Gasteiger partial charge in [-0.05, 0) is 120 Å². The van der Waals surface area contributed by atoms with Crippen molar-refractivity contribution in [2.24, 2.45) is 11.7 Å². The Morgan fingerprint density at radius 1 is 0.795 bits per heavy atom. The molecule has 4 bridgehead atoms. The minimum Gasteiger partial charge on any atom is -0.508 e. The van der Waals surface area contributed by atoms with Crippen LogP contribution in [0.4, 0.5) is 15.3 Å². The predicted molar refractivity (Wildman–Crippen MR) is 503 cm³/mol. The summed E-state index contributed by atoms with van der Waals surface area (Å²) >= 11 is 6.89. The minimum atomic E-state index is -1.94. The first-order valence-corrected chi connectivity index (χ1v) is 49.0. The molecule has 18 atom stereocenters. The Morgan fingerprint density at radius 3 is 2.16 bits per heavy atom. The van der Waals surface area contributed by atoms with Gasteiger partial charge in [-0.1, -0.05) is 159 Å². The molecule has 0 saturated carbocycles. The number of anilines is 1. The molecule has 0 radical (unpaired) electrons. The fourth-order valence-electron chi connectivity index (χ4n) is 15.4. The van der Waals surface area contributed by atoms with Gasteiger partial charge in [0.15, 0.2) is 5.72 Å². The number of epoxide rings is 1. The third-order valence-corrected chi connectivity index (χ3v) is 28.5. The summed E-state index contributed by atoms with van der Waals surface area (Å²) in [6, 6.07) is 10.5. The summed E-state index contributed by atoms with van der Waals surface area (Å²) in [6.45, 7) is 11.3. The number of amides is 13. The normalized spacial score (nSPS) is 25.5.